The largest absolute Gasteiger partial charge is 0.453 e. The highest BCUT2D eigenvalue weighted by Crippen LogP contribution is 2.54. The van der Waals surface area contributed by atoms with Gasteiger partial charge in [-0.1, -0.05) is 210 Å². The second-order valence-corrected chi connectivity index (χ2v) is 30.3. The molecule has 5 heteroatoms. The summed E-state index contributed by atoms with van der Waals surface area (Å²) in [4.78, 5) is 5.03. The van der Waals surface area contributed by atoms with Gasteiger partial charge in [-0.2, -0.15) is 0 Å². The van der Waals surface area contributed by atoms with Crippen molar-refractivity contribution in [1.82, 2.24) is 13.7 Å². The highest BCUT2D eigenvalue weighted by Gasteiger charge is 2.35. The molecule has 13 rings (SSSR count). The number of benzene rings is 9. The monoisotopic (exact) mass is 1100 g/mol. The van der Waals surface area contributed by atoms with E-state index in [1.54, 1.807) is 0 Å². The number of aromatic nitrogens is 3. The lowest BCUT2D eigenvalue weighted by molar-refractivity contribution is 0.590. The summed E-state index contributed by atoms with van der Waals surface area (Å²) < 4.78 is 15.3. The van der Waals surface area contributed by atoms with Gasteiger partial charge >= 0.3 is 0 Å². The third-order valence-corrected chi connectivity index (χ3v) is 18.2. The van der Waals surface area contributed by atoms with E-state index in [1.807, 2.05) is 0 Å². The van der Waals surface area contributed by atoms with Crippen molar-refractivity contribution >= 4 is 93.0 Å². The Hall–Kier alpha value is -8.33. The summed E-state index contributed by atoms with van der Waals surface area (Å²) in [6.45, 7) is 51.5. The van der Waals surface area contributed by atoms with Gasteiger partial charge < -0.3 is 18.1 Å². The summed E-state index contributed by atoms with van der Waals surface area (Å²) >= 11 is 0. The van der Waals surface area contributed by atoms with Crippen LogP contribution in [-0.2, 0) is 32.5 Å². The van der Waals surface area contributed by atoms with Crippen LogP contribution in [0.2, 0.25) is 0 Å². The second kappa shape index (κ2) is 18.3. The van der Waals surface area contributed by atoms with Crippen molar-refractivity contribution in [2.75, 3.05) is 0 Å². The summed E-state index contributed by atoms with van der Waals surface area (Å²) in [6.07, 6.45) is 0. The number of para-hydroxylation sites is 1. The van der Waals surface area contributed by atoms with Crippen molar-refractivity contribution in [3.63, 3.8) is 0 Å². The van der Waals surface area contributed by atoms with Gasteiger partial charge in [0.15, 0.2) is 5.58 Å². The normalized spacial score (nSPS) is 13.3. The first-order chi connectivity index (χ1) is 39.4. The predicted octanol–water partition coefficient (Wildman–Crippen LogP) is 22.9. The molecule has 0 spiro atoms. The average Bonchev–Trinajstić information content (AvgIpc) is 1.55. The molecule has 0 saturated carbocycles. The van der Waals surface area contributed by atoms with E-state index in [9.17, 15) is 6.57 Å². The van der Waals surface area contributed by atoms with Gasteiger partial charge in [0.25, 0.3) is 0 Å². The topological polar surface area (TPSA) is 32.3 Å². The SMILES string of the molecule is [C-]#[N+]c1c(-n2c3ccc(C(C)(C)C)cc3c3cc(C(C)(C)C)ccc32)c(-n2c3ccc(C(C)(C)C)cc3c3cc(C(C)(C)C)ccc32)c2oc3c(-c4ccccc4)cccc3c2c1-n1c2ccc(C(C)(C)C)cc2c2cc(C(C)(C)C)ccc21. The van der Waals surface area contributed by atoms with Gasteiger partial charge in [-0.25, -0.2) is 4.85 Å². The van der Waals surface area contributed by atoms with E-state index in [-0.39, 0.29) is 32.5 Å². The molecule has 0 unspecified atom stereocenters. The van der Waals surface area contributed by atoms with Gasteiger partial charge in [0.2, 0.25) is 5.69 Å². The fourth-order valence-electron chi connectivity index (χ4n) is 13.2. The lowest BCUT2D eigenvalue weighted by atomic mass is 9.85. The van der Waals surface area contributed by atoms with Gasteiger partial charge in [0.05, 0.1) is 51.0 Å². The van der Waals surface area contributed by atoms with Crippen molar-refractivity contribution in [2.45, 2.75) is 157 Å². The minimum atomic E-state index is -0.120. The molecule has 0 bridgehead atoms. The predicted molar refractivity (Wildman–Crippen MR) is 361 cm³/mol. The summed E-state index contributed by atoms with van der Waals surface area (Å²) in [5, 5.41) is 8.78. The molecule has 9 aromatic carbocycles. The summed E-state index contributed by atoms with van der Waals surface area (Å²) in [5.41, 5.74) is 19.6. The van der Waals surface area contributed by atoms with E-state index < -0.39 is 0 Å². The molecule has 0 N–H and O–H groups in total. The Morgan fingerprint density at radius 2 is 0.619 bits per heavy atom. The fraction of sp³-hybridized carbons (Fsp3) is 0.304. The van der Waals surface area contributed by atoms with Gasteiger partial charge in [-0.05, 0) is 144 Å². The van der Waals surface area contributed by atoms with Crippen LogP contribution in [0.4, 0.5) is 5.69 Å². The molecule has 0 aliphatic carbocycles. The second-order valence-electron chi connectivity index (χ2n) is 30.3. The minimum Gasteiger partial charge on any atom is -0.453 e. The van der Waals surface area contributed by atoms with E-state index in [0.717, 1.165) is 110 Å². The number of hydrogen-bond acceptors (Lipinski definition) is 1. The average molecular weight is 1100 g/mol. The van der Waals surface area contributed by atoms with E-state index in [0.29, 0.717) is 11.3 Å². The molecule has 422 valence electrons. The van der Waals surface area contributed by atoms with Crippen molar-refractivity contribution in [3.8, 4) is 28.2 Å². The molecule has 0 atom stereocenters. The van der Waals surface area contributed by atoms with E-state index in [1.165, 1.54) is 33.4 Å². The quantitative estimate of drug-likeness (QED) is 0.162. The maximum Gasteiger partial charge on any atom is 0.236 e. The molecule has 13 aromatic rings. The standard InChI is InChI=1S/C79H80N4O/c1-74(2,3)47-28-34-61-55(40-47)56-41-48(75(4,5)6)29-35-62(56)81(61)69-67-54-27-23-26-53(46-24-21-20-22-25-46)72(54)84-73(67)71(83-65-38-32-51(78(13,14)15)44-59(65)60-45-52(79(16,17)18)33-39-66(60)83)70(68(69)80-19)82-63-36-30-49(76(7,8)9)42-57(63)58-43-50(77(10,11)12)31-37-64(58)82/h20-45H,1-18H3. The lowest BCUT2D eigenvalue weighted by Gasteiger charge is -2.24. The molecule has 5 nitrogen and oxygen atoms in total. The highest BCUT2D eigenvalue weighted by atomic mass is 16.3. The van der Waals surface area contributed by atoms with E-state index in [2.05, 4.69) is 296 Å². The van der Waals surface area contributed by atoms with Crippen LogP contribution < -0.4 is 0 Å². The summed E-state index contributed by atoms with van der Waals surface area (Å²) in [5.74, 6) is 0. The molecule has 0 aliphatic rings. The summed E-state index contributed by atoms with van der Waals surface area (Å²) in [7, 11) is 0. The number of nitrogens with zero attached hydrogens (tertiary/aromatic N) is 4. The third-order valence-electron chi connectivity index (χ3n) is 18.2. The molecule has 4 heterocycles. The van der Waals surface area contributed by atoms with Crippen LogP contribution in [-0.4, -0.2) is 13.7 Å². The van der Waals surface area contributed by atoms with Crippen molar-refractivity contribution in [2.24, 2.45) is 0 Å². The molecule has 4 aromatic heterocycles. The Balaban J connectivity index is 1.35. The van der Waals surface area contributed by atoms with Crippen LogP contribution in [0.5, 0.6) is 0 Å². The zero-order chi connectivity index (χ0) is 59.7. The maximum absolute atomic E-state index is 10.1. The van der Waals surface area contributed by atoms with Crippen molar-refractivity contribution in [3.05, 3.63) is 203 Å². The van der Waals surface area contributed by atoms with Gasteiger partial charge in [0.1, 0.15) is 11.3 Å². The lowest BCUT2D eigenvalue weighted by Crippen LogP contribution is -2.11. The number of rotatable bonds is 4. The van der Waals surface area contributed by atoms with E-state index >= 15 is 0 Å². The van der Waals surface area contributed by atoms with Crippen LogP contribution in [0, 0.1) is 6.57 Å². The first-order valence-corrected chi connectivity index (χ1v) is 30.2. The number of hydrogen-bond donors (Lipinski definition) is 0. The van der Waals surface area contributed by atoms with Crippen molar-refractivity contribution < 1.29 is 4.42 Å². The Labute approximate surface area is 496 Å². The molecular formula is C79H80N4O. The maximum atomic E-state index is 10.1. The third kappa shape index (κ3) is 8.52. The van der Waals surface area contributed by atoms with Crippen LogP contribution in [0.15, 0.2) is 162 Å². The van der Waals surface area contributed by atoms with Gasteiger partial charge in [0, 0.05) is 48.7 Å². The number of fused-ring (bicyclic) bond motifs is 12. The zero-order valence-corrected chi connectivity index (χ0v) is 52.7. The van der Waals surface area contributed by atoms with Gasteiger partial charge in [-0.15, -0.1) is 0 Å². The smallest absolute Gasteiger partial charge is 0.236 e. The number of furan rings is 1. The highest BCUT2D eigenvalue weighted by molar-refractivity contribution is 6.24. The summed E-state index contributed by atoms with van der Waals surface area (Å²) in [6, 6.07) is 59.5. The Morgan fingerprint density at radius 3 is 0.929 bits per heavy atom. The molecule has 0 amide bonds. The molecule has 0 fully saturated rings. The molecule has 84 heavy (non-hydrogen) atoms. The van der Waals surface area contributed by atoms with Gasteiger partial charge in [-0.3, -0.25) is 0 Å². The fourth-order valence-corrected chi connectivity index (χ4v) is 13.2. The molecular weight excluding hydrogens is 1020 g/mol. The zero-order valence-electron chi connectivity index (χ0n) is 52.7. The molecule has 0 aliphatic heterocycles. The Bertz CT molecular complexity index is 4720. The van der Waals surface area contributed by atoms with E-state index in [4.69, 9.17) is 9.26 Å². The van der Waals surface area contributed by atoms with Crippen LogP contribution in [0.25, 0.3) is 120 Å². The van der Waals surface area contributed by atoms with Crippen LogP contribution in [0.1, 0.15) is 158 Å². The Morgan fingerprint density at radius 1 is 0.310 bits per heavy atom. The van der Waals surface area contributed by atoms with Crippen LogP contribution >= 0.6 is 0 Å². The first-order valence-electron chi connectivity index (χ1n) is 30.2. The van der Waals surface area contributed by atoms with Crippen LogP contribution in [0.3, 0.4) is 0 Å². The van der Waals surface area contributed by atoms with Crippen molar-refractivity contribution in [1.29, 1.82) is 0 Å². The molecule has 0 saturated heterocycles. The first kappa shape index (κ1) is 54.9. The molecule has 0 radical (unpaired) electrons. The minimum absolute atomic E-state index is 0.109. The Kier molecular flexibility index (Phi) is 12.0.